The van der Waals surface area contributed by atoms with Gasteiger partial charge in [0.05, 0.1) is 0 Å². The van der Waals surface area contributed by atoms with E-state index >= 15 is 0 Å². The molecular weight excluding hydrogens is 344 g/mol. The van der Waals surface area contributed by atoms with Gasteiger partial charge in [0.2, 0.25) is 11.0 Å². The topological polar surface area (TPSA) is 49.3 Å². The molecule has 5 nitrogen and oxygen atoms in total. The molecule has 26 heavy (non-hydrogen) atoms. The monoisotopic (exact) mass is 372 g/mol. The van der Waals surface area contributed by atoms with Crippen LogP contribution in [0.1, 0.15) is 44.1 Å². The summed E-state index contributed by atoms with van der Waals surface area (Å²) in [6.45, 7) is 11.4. The zero-order valence-corrected chi connectivity index (χ0v) is 17.0. The Morgan fingerprint density at radius 3 is 2.54 bits per heavy atom. The molecule has 0 radical (unpaired) electrons. The van der Waals surface area contributed by atoms with Gasteiger partial charge in [-0.1, -0.05) is 50.6 Å². The molecule has 0 atom stereocenters. The fraction of sp³-hybridized carbons (Fsp3) is 0.550. The minimum Gasteiger partial charge on any atom is -0.345 e. The van der Waals surface area contributed by atoms with Crippen LogP contribution in [0.5, 0.6) is 0 Å². The number of nitrogens with zero attached hydrogens (tertiary/aromatic N) is 4. The molecule has 140 valence electrons. The number of rotatable bonds is 3. The van der Waals surface area contributed by atoms with E-state index in [1.807, 2.05) is 25.7 Å². The van der Waals surface area contributed by atoms with Crippen LogP contribution >= 0.6 is 11.5 Å². The molecule has 0 spiro atoms. The molecule has 1 aliphatic heterocycles. The van der Waals surface area contributed by atoms with Gasteiger partial charge in [-0.25, -0.2) is 4.98 Å². The molecule has 3 rings (SSSR count). The zero-order valence-electron chi connectivity index (χ0n) is 16.2. The van der Waals surface area contributed by atoms with Crippen LogP contribution in [0.15, 0.2) is 24.3 Å². The summed E-state index contributed by atoms with van der Waals surface area (Å²) in [5.74, 6) is 1.11. The van der Waals surface area contributed by atoms with Crippen molar-refractivity contribution >= 4 is 22.6 Å². The predicted octanol–water partition coefficient (Wildman–Crippen LogP) is 3.52. The number of benzene rings is 1. The quantitative estimate of drug-likeness (QED) is 0.827. The molecule has 1 aliphatic rings. The summed E-state index contributed by atoms with van der Waals surface area (Å²) >= 11 is 1.46. The first-order chi connectivity index (χ1) is 12.3. The lowest BCUT2D eigenvalue weighted by atomic mass is 9.94. The molecule has 1 aromatic carbocycles. The summed E-state index contributed by atoms with van der Waals surface area (Å²) in [6, 6.07) is 8.52. The summed E-state index contributed by atoms with van der Waals surface area (Å²) in [5.41, 5.74) is 2.18. The van der Waals surface area contributed by atoms with E-state index in [0.717, 1.165) is 50.0 Å². The lowest BCUT2D eigenvalue weighted by Gasteiger charge is -2.28. The van der Waals surface area contributed by atoms with E-state index in [0.29, 0.717) is 0 Å². The first-order valence-corrected chi connectivity index (χ1v) is 10.0. The maximum absolute atomic E-state index is 12.5. The molecule has 1 fully saturated rings. The fourth-order valence-corrected chi connectivity index (χ4v) is 3.86. The Morgan fingerprint density at radius 2 is 1.85 bits per heavy atom. The largest absolute Gasteiger partial charge is 0.345 e. The molecule has 6 heteroatoms. The number of hydrogen-bond acceptors (Lipinski definition) is 5. The van der Waals surface area contributed by atoms with E-state index in [1.165, 1.54) is 22.7 Å². The van der Waals surface area contributed by atoms with Gasteiger partial charge in [-0.15, -0.1) is 0 Å². The molecule has 1 saturated heterocycles. The second-order valence-electron chi connectivity index (χ2n) is 8.04. The van der Waals surface area contributed by atoms with E-state index in [2.05, 4.69) is 40.5 Å². The first kappa shape index (κ1) is 18.8. The average Bonchev–Trinajstić information content (AvgIpc) is 2.91. The summed E-state index contributed by atoms with van der Waals surface area (Å²) in [7, 11) is 0. The highest BCUT2D eigenvalue weighted by atomic mass is 32.1. The SMILES string of the molecule is Cc1ccc(Cc2nsc(N3CCCN(C(=O)C(C)(C)C)CC3)n2)cc1. The van der Waals surface area contributed by atoms with Crippen molar-refractivity contribution in [2.45, 2.75) is 40.5 Å². The molecule has 0 aliphatic carbocycles. The fourth-order valence-electron chi connectivity index (χ4n) is 3.12. The van der Waals surface area contributed by atoms with Gasteiger partial charge in [0.1, 0.15) is 5.82 Å². The number of amides is 1. The van der Waals surface area contributed by atoms with Gasteiger partial charge >= 0.3 is 0 Å². The van der Waals surface area contributed by atoms with E-state index < -0.39 is 0 Å². The Morgan fingerprint density at radius 1 is 1.12 bits per heavy atom. The van der Waals surface area contributed by atoms with E-state index in [-0.39, 0.29) is 11.3 Å². The highest BCUT2D eigenvalue weighted by molar-refractivity contribution is 7.09. The molecule has 2 aromatic rings. The van der Waals surface area contributed by atoms with Crippen LogP contribution in [0, 0.1) is 12.3 Å². The lowest BCUT2D eigenvalue weighted by molar-refractivity contribution is -0.139. The number of hydrogen-bond donors (Lipinski definition) is 0. The van der Waals surface area contributed by atoms with Crippen molar-refractivity contribution in [1.82, 2.24) is 14.3 Å². The number of aryl methyl sites for hydroxylation is 1. The van der Waals surface area contributed by atoms with Gasteiger partial charge in [0, 0.05) is 49.5 Å². The van der Waals surface area contributed by atoms with E-state index in [4.69, 9.17) is 4.98 Å². The Balaban J connectivity index is 1.62. The van der Waals surface area contributed by atoms with Crippen molar-refractivity contribution in [3.05, 3.63) is 41.2 Å². The minimum absolute atomic E-state index is 0.233. The van der Waals surface area contributed by atoms with Crippen molar-refractivity contribution in [3.8, 4) is 0 Å². The maximum atomic E-state index is 12.5. The van der Waals surface area contributed by atoms with Crippen LogP contribution in [0.4, 0.5) is 5.13 Å². The highest BCUT2D eigenvalue weighted by Crippen LogP contribution is 2.23. The normalized spacial score (nSPS) is 15.8. The van der Waals surface area contributed by atoms with Crippen molar-refractivity contribution in [2.75, 3.05) is 31.1 Å². The van der Waals surface area contributed by atoms with Crippen LogP contribution < -0.4 is 4.90 Å². The molecule has 2 heterocycles. The van der Waals surface area contributed by atoms with Crippen LogP contribution in [-0.2, 0) is 11.2 Å². The second-order valence-corrected chi connectivity index (χ2v) is 8.77. The smallest absolute Gasteiger partial charge is 0.228 e. The average molecular weight is 373 g/mol. The molecule has 0 bridgehead atoms. The summed E-state index contributed by atoms with van der Waals surface area (Å²) in [6.07, 6.45) is 1.73. The van der Waals surface area contributed by atoms with Gasteiger partial charge in [-0.3, -0.25) is 4.79 Å². The summed E-state index contributed by atoms with van der Waals surface area (Å²) in [5, 5.41) is 0.970. The summed E-state index contributed by atoms with van der Waals surface area (Å²) < 4.78 is 4.54. The van der Waals surface area contributed by atoms with Gasteiger partial charge in [0.15, 0.2) is 0 Å². The Hall–Kier alpha value is -1.95. The van der Waals surface area contributed by atoms with Crippen molar-refractivity contribution in [2.24, 2.45) is 5.41 Å². The first-order valence-electron chi connectivity index (χ1n) is 9.25. The third-order valence-electron chi connectivity index (χ3n) is 4.64. The van der Waals surface area contributed by atoms with Crippen LogP contribution in [-0.4, -0.2) is 46.3 Å². The summed E-state index contributed by atoms with van der Waals surface area (Å²) in [4.78, 5) is 21.5. The third-order valence-corrected chi connectivity index (χ3v) is 5.45. The zero-order chi connectivity index (χ0) is 18.7. The van der Waals surface area contributed by atoms with Gasteiger partial charge in [-0.2, -0.15) is 4.37 Å². The van der Waals surface area contributed by atoms with Crippen molar-refractivity contribution in [1.29, 1.82) is 0 Å². The molecule has 0 N–H and O–H groups in total. The molecular formula is C20H28N4OS. The highest BCUT2D eigenvalue weighted by Gasteiger charge is 2.29. The number of anilines is 1. The second kappa shape index (κ2) is 7.74. The van der Waals surface area contributed by atoms with Crippen LogP contribution in [0.3, 0.4) is 0 Å². The molecule has 0 unspecified atom stereocenters. The maximum Gasteiger partial charge on any atom is 0.228 e. The van der Waals surface area contributed by atoms with Crippen molar-refractivity contribution < 1.29 is 4.79 Å². The van der Waals surface area contributed by atoms with Crippen molar-refractivity contribution in [3.63, 3.8) is 0 Å². The third kappa shape index (κ3) is 4.61. The van der Waals surface area contributed by atoms with Gasteiger partial charge in [-0.05, 0) is 18.9 Å². The van der Waals surface area contributed by atoms with Gasteiger partial charge in [0.25, 0.3) is 0 Å². The number of carbonyl (C=O) groups is 1. The van der Waals surface area contributed by atoms with E-state index in [9.17, 15) is 4.79 Å². The standard InChI is InChI=1S/C20H28N4OS/c1-15-6-8-16(9-7-15)14-17-21-19(26-22-17)24-11-5-10-23(12-13-24)18(25)20(2,3)4/h6-9H,5,10-14H2,1-4H3. The minimum atomic E-state index is -0.320. The molecule has 1 aromatic heterocycles. The lowest BCUT2D eigenvalue weighted by Crippen LogP contribution is -2.41. The van der Waals surface area contributed by atoms with E-state index in [1.54, 1.807) is 0 Å². The van der Waals surface area contributed by atoms with Crippen LogP contribution in [0.2, 0.25) is 0 Å². The predicted molar refractivity (Wildman–Crippen MR) is 107 cm³/mol. The Labute approximate surface area is 160 Å². The molecule has 0 saturated carbocycles. The van der Waals surface area contributed by atoms with Crippen LogP contribution in [0.25, 0.3) is 0 Å². The Bertz CT molecular complexity index is 748. The van der Waals surface area contributed by atoms with Gasteiger partial charge < -0.3 is 9.80 Å². The number of carbonyl (C=O) groups excluding carboxylic acids is 1. The molecule has 1 amide bonds. The Kier molecular flexibility index (Phi) is 5.61. The number of aromatic nitrogens is 2.